The SMILES string of the molecule is CC(C)(C)c1ccccc1OCC(=O)N/N=C/c1ccc(-c2cccc([N+](=O)[O-])c2)o1. The van der Waals surface area contributed by atoms with E-state index in [4.69, 9.17) is 9.15 Å². The van der Waals surface area contributed by atoms with Crippen LogP contribution in [-0.4, -0.2) is 23.7 Å². The molecule has 3 rings (SSSR count). The Bertz CT molecular complexity index is 1110. The van der Waals surface area contributed by atoms with Gasteiger partial charge in [-0.3, -0.25) is 14.9 Å². The molecule has 8 heteroatoms. The van der Waals surface area contributed by atoms with Crippen molar-refractivity contribution in [2.45, 2.75) is 26.2 Å². The summed E-state index contributed by atoms with van der Waals surface area (Å²) in [4.78, 5) is 22.5. The molecule has 3 aromatic rings. The van der Waals surface area contributed by atoms with Gasteiger partial charge >= 0.3 is 0 Å². The van der Waals surface area contributed by atoms with Crippen molar-refractivity contribution in [3.8, 4) is 17.1 Å². The maximum Gasteiger partial charge on any atom is 0.277 e. The zero-order valence-electron chi connectivity index (χ0n) is 17.5. The number of nitrogens with one attached hydrogen (secondary N) is 1. The van der Waals surface area contributed by atoms with Gasteiger partial charge in [0, 0.05) is 17.7 Å². The third kappa shape index (κ3) is 5.79. The summed E-state index contributed by atoms with van der Waals surface area (Å²) in [5.74, 6) is 1.09. The van der Waals surface area contributed by atoms with Crippen LogP contribution >= 0.6 is 0 Å². The lowest BCUT2D eigenvalue weighted by molar-refractivity contribution is -0.384. The summed E-state index contributed by atoms with van der Waals surface area (Å²) in [5, 5.41) is 14.8. The lowest BCUT2D eigenvalue weighted by Crippen LogP contribution is -2.25. The van der Waals surface area contributed by atoms with Crippen LogP contribution in [0.15, 0.2) is 70.2 Å². The van der Waals surface area contributed by atoms with Gasteiger partial charge < -0.3 is 9.15 Å². The summed E-state index contributed by atoms with van der Waals surface area (Å²) >= 11 is 0. The molecule has 0 aliphatic heterocycles. The molecule has 0 saturated carbocycles. The fraction of sp³-hybridized carbons (Fsp3) is 0.217. The molecule has 1 heterocycles. The first-order valence-corrected chi connectivity index (χ1v) is 9.63. The first-order valence-electron chi connectivity index (χ1n) is 9.63. The van der Waals surface area contributed by atoms with Crippen LogP contribution in [0.1, 0.15) is 32.1 Å². The number of nitro benzene ring substituents is 1. The zero-order valence-corrected chi connectivity index (χ0v) is 17.5. The lowest BCUT2D eigenvalue weighted by Gasteiger charge is -2.22. The molecule has 0 unspecified atom stereocenters. The van der Waals surface area contributed by atoms with Crippen LogP contribution < -0.4 is 10.2 Å². The monoisotopic (exact) mass is 421 g/mol. The van der Waals surface area contributed by atoms with E-state index in [2.05, 4.69) is 31.3 Å². The topological polar surface area (TPSA) is 107 Å². The molecule has 0 aliphatic carbocycles. The second-order valence-electron chi connectivity index (χ2n) is 7.84. The normalized spacial score (nSPS) is 11.5. The molecule has 160 valence electrons. The molecule has 8 nitrogen and oxygen atoms in total. The summed E-state index contributed by atoms with van der Waals surface area (Å²) in [6.07, 6.45) is 1.35. The second-order valence-corrected chi connectivity index (χ2v) is 7.84. The van der Waals surface area contributed by atoms with E-state index < -0.39 is 10.8 Å². The summed E-state index contributed by atoms with van der Waals surface area (Å²) in [7, 11) is 0. The number of nitro groups is 1. The number of benzene rings is 2. The van der Waals surface area contributed by atoms with Gasteiger partial charge in [0.05, 0.1) is 11.1 Å². The van der Waals surface area contributed by atoms with Crippen molar-refractivity contribution in [2.24, 2.45) is 5.10 Å². The minimum atomic E-state index is -0.466. The fourth-order valence-electron chi connectivity index (χ4n) is 2.91. The quantitative estimate of drug-likeness (QED) is 0.339. The Morgan fingerprint density at radius 3 is 2.68 bits per heavy atom. The van der Waals surface area contributed by atoms with Gasteiger partial charge in [0.1, 0.15) is 17.3 Å². The number of rotatable bonds is 7. The van der Waals surface area contributed by atoms with Crippen LogP contribution in [0.5, 0.6) is 5.75 Å². The number of ether oxygens (including phenoxy) is 1. The Morgan fingerprint density at radius 2 is 1.94 bits per heavy atom. The molecule has 1 aromatic heterocycles. The number of nitrogens with zero attached hydrogens (tertiary/aromatic N) is 2. The number of hydrogen-bond donors (Lipinski definition) is 1. The van der Waals surface area contributed by atoms with Crippen LogP contribution in [0.2, 0.25) is 0 Å². The van der Waals surface area contributed by atoms with Gasteiger partial charge in [-0.15, -0.1) is 0 Å². The number of carbonyl (C=O) groups excluding carboxylic acids is 1. The lowest BCUT2D eigenvalue weighted by atomic mass is 9.86. The predicted octanol–water partition coefficient (Wildman–Crippen LogP) is 4.68. The molecule has 0 saturated heterocycles. The molecule has 0 aliphatic rings. The number of amides is 1. The minimum absolute atomic E-state index is 0.0237. The van der Waals surface area contributed by atoms with E-state index in [1.54, 1.807) is 24.3 Å². The van der Waals surface area contributed by atoms with Crippen molar-refractivity contribution in [1.29, 1.82) is 0 Å². The molecule has 0 fully saturated rings. The van der Waals surface area contributed by atoms with Crippen molar-refractivity contribution in [2.75, 3.05) is 6.61 Å². The Balaban J connectivity index is 1.57. The van der Waals surface area contributed by atoms with E-state index in [-0.39, 0.29) is 17.7 Å². The van der Waals surface area contributed by atoms with Gasteiger partial charge in [-0.2, -0.15) is 5.10 Å². The molecule has 0 bridgehead atoms. The highest BCUT2D eigenvalue weighted by Gasteiger charge is 2.18. The van der Waals surface area contributed by atoms with E-state index in [1.165, 1.54) is 18.3 Å². The summed E-state index contributed by atoms with van der Waals surface area (Å²) in [6, 6.07) is 17.1. The highest BCUT2D eigenvalue weighted by Crippen LogP contribution is 2.30. The average molecular weight is 421 g/mol. The highest BCUT2D eigenvalue weighted by atomic mass is 16.6. The van der Waals surface area contributed by atoms with Crippen LogP contribution in [-0.2, 0) is 10.2 Å². The van der Waals surface area contributed by atoms with Gasteiger partial charge in [0.25, 0.3) is 11.6 Å². The van der Waals surface area contributed by atoms with E-state index in [9.17, 15) is 14.9 Å². The molecule has 0 spiro atoms. The molecule has 0 atom stereocenters. The van der Waals surface area contributed by atoms with Gasteiger partial charge in [-0.25, -0.2) is 5.43 Å². The number of hydrogen-bond acceptors (Lipinski definition) is 6. The Labute approximate surface area is 179 Å². The molecule has 31 heavy (non-hydrogen) atoms. The minimum Gasteiger partial charge on any atom is -0.483 e. The van der Waals surface area contributed by atoms with Crippen molar-refractivity contribution < 1.29 is 18.9 Å². The molecule has 1 amide bonds. The van der Waals surface area contributed by atoms with Gasteiger partial charge in [-0.1, -0.05) is 51.1 Å². The molecule has 2 aromatic carbocycles. The maximum atomic E-state index is 12.1. The predicted molar refractivity (Wildman–Crippen MR) is 117 cm³/mol. The fourth-order valence-corrected chi connectivity index (χ4v) is 2.91. The Kier molecular flexibility index (Phi) is 6.49. The largest absolute Gasteiger partial charge is 0.483 e. The Hall–Kier alpha value is -3.94. The van der Waals surface area contributed by atoms with Gasteiger partial charge in [0.2, 0.25) is 0 Å². The smallest absolute Gasteiger partial charge is 0.277 e. The molecule has 0 radical (unpaired) electrons. The van der Waals surface area contributed by atoms with E-state index in [0.717, 1.165) is 5.56 Å². The number of carbonyl (C=O) groups is 1. The first kappa shape index (κ1) is 21.8. The Morgan fingerprint density at radius 1 is 1.16 bits per heavy atom. The van der Waals surface area contributed by atoms with Crippen LogP contribution in [0.4, 0.5) is 5.69 Å². The van der Waals surface area contributed by atoms with Crippen molar-refractivity contribution in [3.05, 3.63) is 82.1 Å². The summed E-state index contributed by atoms with van der Waals surface area (Å²) in [6.45, 7) is 6.04. The standard InChI is InChI=1S/C23H23N3O5/c1-23(2,3)19-9-4-5-10-21(19)30-15-22(27)25-24-14-18-11-12-20(31-18)16-7-6-8-17(13-16)26(28)29/h4-14H,15H2,1-3H3,(H,25,27)/b24-14+. The van der Waals surface area contributed by atoms with Crippen LogP contribution in [0, 0.1) is 10.1 Å². The maximum absolute atomic E-state index is 12.1. The zero-order chi connectivity index (χ0) is 22.4. The van der Waals surface area contributed by atoms with Crippen LogP contribution in [0.25, 0.3) is 11.3 Å². The van der Waals surface area contributed by atoms with Crippen LogP contribution in [0.3, 0.4) is 0 Å². The molecular formula is C23H23N3O5. The molecule has 1 N–H and O–H groups in total. The van der Waals surface area contributed by atoms with Crippen molar-refractivity contribution in [3.63, 3.8) is 0 Å². The van der Waals surface area contributed by atoms with E-state index in [1.807, 2.05) is 24.3 Å². The molecular weight excluding hydrogens is 398 g/mol. The van der Waals surface area contributed by atoms with Gasteiger partial charge in [-0.05, 0) is 29.2 Å². The third-order valence-electron chi connectivity index (χ3n) is 4.40. The number of hydrazone groups is 1. The first-order chi connectivity index (χ1) is 14.7. The third-order valence-corrected chi connectivity index (χ3v) is 4.40. The number of non-ortho nitro benzene ring substituents is 1. The number of para-hydroxylation sites is 1. The van der Waals surface area contributed by atoms with Crippen molar-refractivity contribution in [1.82, 2.24) is 5.43 Å². The highest BCUT2D eigenvalue weighted by molar-refractivity contribution is 5.81. The average Bonchev–Trinajstić information content (AvgIpc) is 3.21. The van der Waals surface area contributed by atoms with Gasteiger partial charge in [0.15, 0.2) is 6.61 Å². The summed E-state index contributed by atoms with van der Waals surface area (Å²) in [5.41, 5.74) is 3.84. The van der Waals surface area contributed by atoms with E-state index in [0.29, 0.717) is 22.8 Å². The van der Waals surface area contributed by atoms with E-state index >= 15 is 0 Å². The van der Waals surface area contributed by atoms with Crippen molar-refractivity contribution >= 4 is 17.8 Å². The number of furan rings is 1. The summed E-state index contributed by atoms with van der Waals surface area (Å²) < 4.78 is 11.3. The second kappa shape index (κ2) is 9.25.